The highest BCUT2D eigenvalue weighted by Crippen LogP contribution is 2.13. The summed E-state index contributed by atoms with van der Waals surface area (Å²) >= 11 is 0. The lowest BCUT2D eigenvalue weighted by atomic mass is 10.1. The third-order valence-electron chi connectivity index (χ3n) is 11.6. The van der Waals surface area contributed by atoms with E-state index in [1.165, 1.54) is 51.4 Å². The number of allylic oxidation sites excluding steroid dienone is 22. The van der Waals surface area contributed by atoms with Gasteiger partial charge in [-0.25, -0.2) is 0 Å². The van der Waals surface area contributed by atoms with E-state index in [9.17, 15) is 14.4 Å². The summed E-state index contributed by atoms with van der Waals surface area (Å²) in [4.78, 5) is 38.2. The molecule has 6 nitrogen and oxygen atoms in total. The molecule has 0 aliphatic rings. The molecule has 400 valence electrons. The lowest BCUT2D eigenvalue weighted by Crippen LogP contribution is -2.30. The van der Waals surface area contributed by atoms with Gasteiger partial charge in [0.25, 0.3) is 0 Å². The van der Waals surface area contributed by atoms with Gasteiger partial charge in [-0.05, 0) is 128 Å². The Labute approximate surface area is 436 Å². The topological polar surface area (TPSA) is 78.9 Å². The van der Waals surface area contributed by atoms with Crippen LogP contribution in [0.5, 0.6) is 0 Å². The first kappa shape index (κ1) is 66.6. The van der Waals surface area contributed by atoms with Crippen molar-refractivity contribution in [2.45, 2.75) is 245 Å². The second kappa shape index (κ2) is 58.1. The van der Waals surface area contributed by atoms with Gasteiger partial charge in [-0.15, -0.1) is 0 Å². The van der Waals surface area contributed by atoms with Crippen LogP contribution >= 0.6 is 0 Å². The standard InChI is InChI=1S/C65H104O6/c1-4-7-10-13-16-19-22-25-28-30-32-34-37-40-43-46-49-52-55-58-64(67)70-61-62(60-69-63(66)57-54-51-48-45-42-39-36-27-24-21-18-15-12-9-6-3)71-65(68)59-56-53-50-47-44-41-38-35-33-31-29-26-23-20-17-14-11-8-5-2/h7-8,10-11,16-21,24-29,32-35,40,43,62H,4-6,9,12-15,22-23,30-31,36-39,41-42,44-61H2,1-3H3/b10-7-,11-8-,19-16-,20-17-,21-18-,27-24-,28-25-,29-26-,34-32-,35-33-,43-40-. The lowest BCUT2D eigenvalue weighted by Gasteiger charge is -2.18. The zero-order chi connectivity index (χ0) is 51.4. The summed E-state index contributed by atoms with van der Waals surface area (Å²) in [5.74, 6) is -0.967. The van der Waals surface area contributed by atoms with Crippen molar-refractivity contribution >= 4 is 17.9 Å². The monoisotopic (exact) mass is 981 g/mol. The minimum Gasteiger partial charge on any atom is -0.462 e. The molecule has 0 spiro atoms. The number of rotatable bonds is 50. The molecule has 0 aliphatic carbocycles. The zero-order valence-corrected chi connectivity index (χ0v) is 45.7. The van der Waals surface area contributed by atoms with Crippen molar-refractivity contribution in [3.63, 3.8) is 0 Å². The van der Waals surface area contributed by atoms with Crippen molar-refractivity contribution in [2.75, 3.05) is 13.2 Å². The molecule has 0 radical (unpaired) electrons. The summed E-state index contributed by atoms with van der Waals surface area (Å²) in [7, 11) is 0. The summed E-state index contributed by atoms with van der Waals surface area (Å²) < 4.78 is 16.8. The number of unbranched alkanes of at least 4 members (excludes halogenated alkanes) is 18. The van der Waals surface area contributed by atoms with Gasteiger partial charge in [-0.1, -0.05) is 225 Å². The SMILES string of the molecule is CC/C=C\C/C=C\C/C=C\C/C=C\C/C=C\CCCCCC(=O)OCC(COC(=O)CCCCCCCC/C=C\C=C/CCCCC)OC(=O)CCCCCCCC/C=C\C/C=C\C/C=C\C/C=C\CC. The van der Waals surface area contributed by atoms with Crippen molar-refractivity contribution in [1.29, 1.82) is 0 Å². The van der Waals surface area contributed by atoms with Crippen LogP contribution in [-0.2, 0) is 28.6 Å². The molecule has 71 heavy (non-hydrogen) atoms. The fourth-order valence-electron chi connectivity index (χ4n) is 7.39. The van der Waals surface area contributed by atoms with E-state index in [1.807, 2.05) is 0 Å². The molecule has 0 saturated carbocycles. The van der Waals surface area contributed by atoms with Crippen LogP contribution in [0, 0.1) is 0 Å². The number of carbonyl (C=O) groups excluding carboxylic acids is 3. The van der Waals surface area contributed by atoms with Crippen LogP contribution in [0.1, 0.15) is 239 Å². The smallest absolute Gasteiger partial charge is 0.306 e. The van der Waals surface area contributed by atoms with Gasteiger partial charge in [0, 0.05) is 19.3 Å². The summed E-state index contributed by atoms with van der Waals surface area (Å²) in [6.45, 7) is 6.33. The minimum absolute atomic E-state index is 0.105. The summed E-state index contributed by atoms with van der Waals surface area (Å²) in [6.07, 6.45) is 81.5. The molecule has 0 aliphatic heterocycles. The Morgan fingerprint density at radius 1 is 0.310 bits per heavy atom. The maximum Gasteiger partial charge on any atom is 0.306 e. The van der Waals surface area contributed by atoms with Crippen molar-refractivity contribution in [3.8, 4) is 0 Å². The molecule has 0 fully saturated rings. The van der Waals surface area contributed by atoms with Crippen LogP contribution in [0.25, 0.3) is 0 Å². The first-order valence-electron chi connectivity index (χ1n) is 28.7. The van der Waals surface area contributed by atoms with Gasteiger partial charge < -0.3 is 14.2 Å². The lowest BCUT2D eigenvalue weighted by molar-refractivity contribution is -0.167. The Bertz CT molecular complexity index is 1550. The van der Waals surface area contributed by atoms with Crippen molar-refractivity contribution < 1.29 is 28.6 Å². The molecule has 0 heterocycles. The van der Waals surface area contributed by atoms with Gasteiger partial charge in [-0.3, -0.25) is 14.4 Å². The van der Waals surface area contributed by atoms with Gasteiger partial charge in [0.05, 0.1) is 0 Å². The van der Waals surface area contributed by atoms with Gasteiger partial charge in [-0.2, -0.15) is 0 Å². The van der Waals surface area contributed by atoms with E-state index in [0.29, 0.717) is 19.3 Å². The molecule has 0 aromatic heterocycles. The third kappa shape index (κ3) is 56.3. The normalized spacial score (nSPS) is 13.1. The predicted molar refractivity (Wildman–Crippen MR) is 306 cm³/mol. The number of hydrogen-bond acceptors (Lipinski definition) is 6. The van der Waals surface area contributed by atoms with Gasteiger partial charge in [0.2, 0.25) is 0 Å². The molecule has 0 bridgehead atoms. The van der Waals surface area contributed by atoms with Crippen LogP contribution in [-0.4, -0.2) is 37.2 Å². The fourth-order valence-corrected chi connectivity index (χ4v) is 7.39. The fraction of sp³-hybridized carbons (Fsp3) is 0.615. The van der Waals surface area contributed by atoms with Crippen molar-refractivity contribution in [2.24, 2.45) is 0 Å². The van der Waals surface area contributed by atoms with Crippen LogP contribution in [0.2, 0.25) is 0 Å². The first-order chi connectivity index (χ1) is 35.0. The molecule has 1 unspecified atom stereocenters. The molecule has 6 heteroatoms. The van der Waals surface area contributed by atoms with E-state index < -0.39 is 6.10 Å². The molecular weight excluding hydrogens is 877 g/mol. The molecule has 0 aromatic carbocycles. The molecule has 0 saturated heterocycles. The first-order valence-corrected chi connectivity index (χ1v) is 28.7. The van der Waals surface area contributed by atoms with E-state index in [2.05, 4.69) is 154 Å². The van der Waals surface area contributed by atoms with Gasteiger partial charge in [0.15, 0.2) is 6.10 Å². The molecule has 0 rings (SSSR count). The number of hydrogen-bond donors (Lipinski definition) is 0. The maximum atomic E-state index is 12.9. The number of esters is 3. The van der Waals surface area contributed by atoms with E-state index in [-0.39, 0.29) is 31.1 Å². The van der Waals surface area contributed by atoms with E-state index >= 15 is 0 Å². The average molecular weight is 982 g/mol. The zero-order valence-electron chi connectivity index (χ0n) is 45.7. The van der Waals surface area contributed by atoms with Crippen LogP contribution in [0.15, 0.2) is 134 Å². The molecule has 1 atom stereocenters. The quantitative estimate of drug-likeness (QED) is 0.0199. The Morgan fingerprint density at radius 2 is 0.592 bits per heavy atom. The average Bonchev–Trinajstić information content (AvgIpc) is 3.37. The number of carbonyl (C=O) groups is 3. The van der Waals surface area contributed by atoms with Crippen LogP contribution in [0.4, 0.5) is 0 Å². The van der Waals surface area contributed by atoms with Crippen LogP contribution in [0.3, 0.4) is 0 Å². The predicted octanol–water partition coefficient (Wildman–Crippen LogP) is 19.4. The highest BCUT2D eigenvalue weighted by molar-refractivity contribution is 5.71. The van der Waals surface area contributed by atoms with E-state index in [4.69, 9.17) is 14.2 Å². The molecule has 0 N–H and O–H groups in total. The Balaban J connectivity index is 4.52. The Morgan fingerprint density at radius 3 is 0.958 bits per heavy atom. The van der Waals surface area contributed by atoms with Crippen molar-refractivity contribution in [1.82, 2.24) is 0 Å². The van der Waals surface area contributed by atoms with Crippen LogP contribution < -0.4 is 0 Å². The van der Waals surface area contributed by atoms with Crippen molar-refractivity contribution in [3.05, 3.63) is 134 Å². The molecule has 0 aromatic rings. The number of ether oxygens (including phenoxy) is 3. The summed E-state index contributed by atoms with van der Waals surface area (Å²) in [5.41, 5.74) is 0. The summed E-state index contributed by atoms with van der Waals surface area (Å²) in [5, 5.41) is 0. The maximum absolute atomic E-state index is 12.9. The van der Waals surface area contributed by atoms with E-state index in [1.54, 1.807) is 0 Å². The largest absolute Gasteiger partial charge is 0.462 e. The Hall–Kier alpha value is -4.45. The third-order valence-corrected chi connectivity index (χ3v) is 11.6. The van der Waals surface area contributed by atoms with E-state index in [0.717, 1.165) is 148 Å². The second-order valence-electron chi connectivity index (χ2n) is 18.5. The summed E-state index contributed by atoms with van der Waals surface area (Å²) in [6, 6.07) is 0. The van der Waals surface area contributed by atoms with Gasteiger partial charge >= 0.3 is 17.9 Å². The minimum atomic E-state index is -0.810. The molecule has 0 amide bonds. The Kier molecular flexibility index (Phi) is 54.5. The highest BCUT2D eigenvalue weighted by Gasteiger charge is 2.19. The highest BCUT2D eigenvalue weighted by atomic mass is 16.6. The molecular formula is C65H104O6. The van der Waals surface area contributed by atoms with Gasteiger partial charge in [0.1, 0.15) is 13.2 Å². The second-order valence-corrected chi connectivity index (χ2v) is 18.5.